The van der Waals surface area contributed by atoms with Gasteiger partial charge in [-0.05, 0) is 25.1 Å². The second kappa shape index (κ2) is 7.63. The molecule has 1 aromatic carbocycles. The third-order valence-corrected chi connectivity index (χ3v) is 3.97. The van der Waals surface area contributed by atoms with Crippen LogP contribution in [0.15, 0.2) is 24.3 Å². The first-order chi connectivity index (χ1) is 12.1. The minimum atomic E-state index is -4.72. The van der Waals surface area contributed by atoms with E-state index >= 15 is 0 Å². The second-order valence-corrected chi connectivity index (χ2v) is 5.73. The summed E-state index contributed by atoms with van der Waals surface area (Å²) in [5.74, 6) is -6.05. The third-order valence-electron chi connectivity index (χ3n) is 3.97. The number of esters is 1. The molecule has 1 heterocycles. The molecule has 7 nitrogen and oxygen atoms in total. The molecule has 1 fully saturated rings. The number of ether oxygens (including phenoxy) is 1. The maximum Gasteiger partial charge on any atom is 0.394 e. The molecule has 2 atom stereocenters. The predicted octanol–water partition coefficient (Wildman–Crippen LogP) is 2.59. The van der Waals surface area contributed by atoms with Crippen LogP contribution in [0.4, 0.5) is 23.7 Å². The summed E-state index contributed by atoms with van der Waals surface area (Å²) in [6.45, 7) is 0.498. The van der Waals surface area contributed by atoms with Gasteiger partial charge in [0.1, 0.15) is 0 Å². The molecule has 1 aliphatic heterocycles. The maximum absolute atomic E-state index is 13.0. The van der Waals surface area contributed by atoms with E-state index in [1.54, 1.807) is 6.92 Å². The smallest absolute Gasteiger partial charge is 0.394 e. The van der Waals surface area contributed by atoms with E-state index in [0.29, 0.717) is 0 Å². The first kappa shape index (κ1) is 19.5. The second-order valence-electron chi connectivity index (χ2n) is 5.73. The molecule has 142 valence electrons. The van der Waals surface area contributed by atoms with Gasteiger partial charge in [-0.2, -0.15) is 13.2 Å². The van der Waals surface area contributed by atoms with Crippen molar-refractivity contribution in [2.24, 2.45) is 11.8 Å². The molecule has 0 unspecified atom stereocenters. The van der Waals surface area contributed by atoms with Crippen LogP contribution in [0, 0.1) is 11.8 Å². The molecule has 0 aromatic heterocycles. The van der Waals surface area contributed by atoms with Crippen molar-refractivity contribution in [2.45, 2.75) is 13.1 Å². The highest BCUT2D eigenvalue weighted by atomic mass is 19.4. The number of carboxylic acid groups (broad SMARTS) is 1. The molecule has 26 heavy (non-hydrogen) atoms. The van der Waals surface area contributed by atoms with Crippen LogP contribution in [0.25, 0.3) is 0 Å². The Hall–Kier alpha value is -2.78. The first-order valence-corrected chi connectivity index (χ1v) is 7.76. The van der Waals surface area contributed by atoms with Gasteiger partial charge in [-0.1, -0.05) is 6.07 Å². The minimum absolute atomic E-state index is 0.165. The SMILES string of the molecule is CCOC(=O)c1cccc(NC(=O)N2C[C@@H](C(F)(F)F)[C@H](C(=O)O)C2)c1. The number of likely N-dealkylation sites (tertiary alicyclic amines) is 1. The Bertz CT molecular complexity index is 707. The lowest BCUT2D eigenvalue weighted by Gasteiger charge is -2.19. The van der Waals surface area contributed by atoms with Gasteiger partial charge in [-0.3, -0.25) is 4.79 Å². The van der Waals surface area contributed by atoms with Crippen molar-refractivity contribution in [3.63, 3.8) is 0 Å². The zero-order valence-electron chi connectivity index (χ0n) is 13.7. The average molecular weight is 374 g/mol. The van der Waals surface area contributed by atoms with Gasteiger partial charge in [-0.15, -0.1) is 0 Å². The predicted molar refractivity (Wildman–Crippen MR) is 83.7 cm³/mol. The number of urea groups is 1. The number of aliphatic carboxylic acids is 1. The van der Waals surface area contributed by atoms with E-state index in [0.717, 1.165) is 4.90 Å². The number of alkyl halides is 3. The molecule has 2 amide bonds. The van der Waals surface area contributed by atoms with Crippen LogP contribution in [0.2, 0.25) is 0 Å². The van der Waals surface area contributed by atoms with E-state index in [1.807, 2.05) is 0 Å². The number of anilines is 1. The molecule has 1 saturated heterocycles. The van der Waals surface area contributed by atoms with Gasteiger partial charge < -0.3 is 20.1 Å². The van der Waals surface area contributed by atoms with Gasteiger partial charge in [-0.25, -0.2) is 9.59 Å². The zero-order valence-corrected chi connectivity index (χ0v) is 13.7. The maximum atomic E-state index is 13.0. The van der Waals surface area contributed by atoms with Crippen LogP contribution in [0.5, 0.6) is 0 Å². The Kier molecular flexibility index (Phi) is 5.73. The fourth-order valence-electron chi connectivity index (χ4n) is 2.69. The van der Waals surface area contributed by atoms with Crippen molar-refractivity contribution < 1.29 is 37.4 Å². The Morgan fingerprint density at radius 3 is 2.54 bits per heavy atom. The molecule has 0 saturated carbocycles. The molecule has 1 aliphatic rings. The fraction of sp³-hybridized carbons (Fsp3) is 0.438. The fourth-order valence-corrected chi connectivity index (χ4v) is 2.69. The highest BCUT2D eigenvalue weighted by Crippen LogP contribution is 2.37. The number of nitrogens with zero attached hydrogens (tertiary/aromatic N) is 1. The molecule has 0 radical (unpaired) electrons. The molecule has 0 aliphatic carbocycles. The minimum Gasteiger partial charge on any atom is -0.481 e. The summed E-state index contributed by atoms with van der Waals surface area (Å²) in [5, 5.41) is 11.3. The van der Waals surface area contributed by atoms with Gasteiger partial charge in [0.25, 0.3) is 0 Å². The lowest BCUT2D eigenvalue weighted by atomic mass is 9.96. The number of carbonyl (C=O) groups is 3. The topological polar surface area (TPSA) is 95.9 Å². The molecule has 0 bridgehead atoms. The number of carboxylic acids is 1. The Labute approximate surface area is 146 Å². The Balaban J connectivity index is 2.10. The lowest BCUT2D eigenvalue weighted by molar-refractivity contribution is -0.187. The van der Waals surface area contributed by atoms with Crippen molar-refractivity contribution in [2.75, 3.05) is 25.0 Å². The quantitative estimate of drug-likeness (QED) is 0.790. The molecule has 10 heteroatoms. The molecule has 1 aromatic rings. The molecule has 0 spiro atoms. The van der Waals surface area contributed by atoms with E-state index in [1.165, 1.54) is 24.3 Å². The van der Waals surface area contributed by atoms with Gasteiger partial charge >= 0.3 is 24.1 Å². The van der Waals surface area contributed by atoms with Crippen LogP contribution in [-0.4, -0.2) is 53.8 Å². The van der Waals surface area contributed by atoms with Crippen molar-refractivity contribution in [3.8, 4) is 0 Å². The number of nitrogens with one attached hydrogen (secondary N) is 1. The van der Waals surface area contributed by atoms with Crippen LogP contribution < -0.4 is 5.32 Å². The molecule has 2 N–H and O–H groups in total. The van der Waals surface area contributed by atoms with Crippen molar-refractivity contribution >= 4 is 23.7 Å². The summed E-state index contributed by atoms with van der Waals surface area (Å²) >= 11 is 0. The first-order valence-electron chi connectivity index (χ1n) is 7.76. The van der Waals surface area contributed by atoms with Gasteiger partial charge in [0, 0.05) is 18.8 Å². The Morgan fingerprint density at radius 1 is 1.31 bits per heavy atom. The van der Waals surface area contributed by atoms with Crippen LogP contribution >= 0.6 is 0 Å². The van der Waals surface area contributed by atoms with E-state index in [9.17, 15) is 27.6 Å². The van der Waals surface area contributed by atoms with Crippen LogP contribution in [0.3, 0.4) is 0 Å². The standard InChI is InChI=1S/C16H17F3N2O5/c1-2-26-14(24)9-4-3-5-10(6-9)20-15(25)21-7-11(13(22)23)12(8-21)16(17,18)19/h3-6,11-12H,2,7-8H2,1H3,(H,20,25)(H,22,23)/t11-,12-/m1/s1. The highest BCUT2D eigenvalue weighted by Gasteiger charge is 2.53. The normalized spacial score (nSPS) is 19.9. The number of hydrogen-bond acceptors (Lipinski definition) is 4. The van der Waals surface area contributed by atoms with E-state index in [4.69, 9.17) is 9.84 Å². The highest BCUT2D eigenvalue weighted by molar-refractivity contribution is 5.94. The monoisotopic (exact) mass is 374 g/mol. The van der Waals surface area contributed by atoms with Crippen molar-refractivity contribution in [1.82, 2.24) is 4.90 Å². The Morgan fingerprint density at radius 2 is 2.00 bits per heavy atom. The summed E-state index contributed by atoms with van der Waals surface area (Å²) in [7, 11) is 0. The number of hydrogen-bond donors (Lipinski definition) is 2. The van der Waals surface area contributed by atoms with Crippen molar-refractivity contribution in [1.29, 1.82) is 0 Å². The van der Waals surface area contributed by atoms with Crippen LogP contribution in [0.1, 0.15) is 17.3 Å². The van der Waals surface area contributed by atoms with Crippen molar-refractivity contribution in [3.05, 3.63) is 29.8 Å². The van der Waals surface area contributed by atoms with E-state index in [-0.39, 0.29) is 17.9 Å². The summed E-state index contributed by atoms with van der Waals surface area (Å²) in [5.41, 5.74) is 0.352. The largest absolute Gasteiger partial charge is 0.481 e. The van der Waals surface area contributed by atoms with Gasteiger partial charge in [0.2, 0.25) is 0 Å². The summed E-state index contributed by atoms with van der Waals surface area (Å²) in [6.07, 6.45) is -4.72. The summed E-state index contributed by atoms with van der Waals surface area (Å²) < 4.78 is 43.8. The average Bonchev–Trinajstić information content (AvgIpc) is 3.01. The van der Waals surface area contributed by atoms with Crippen LogP contribution in [-0.2, 0) is 9.53 Å². The van der Waals surface area contributed by atoms with Gasteiger partial charge in [0.05, 0.1) is 24.0 Å². The van der Waals surface area contributed by atoms with E-state index in [2.05, 4.69) is 5.32 Å². The van der Waals surface area contributed by atoms with Gasteiger partial charge in [0.15, 0.2) is 0 Å². The summed E-state index contributed by atoms with van der Waals surface area (Å²) in [4.78, 5) is 35.7. The number of benzene rings is 1. The number of carbonyl (C=O) groups excluding carboxylic acids is 2. The lowest BCUT2D eigenvalue weighted by Crippen LogP contribution is -2.35. The molecule has 2 rings (SSSR count). The summed E-state index contributed by atoms with van der Waals surface area (Å²) in [6, 6.07) is 4.84. The number of halogens is 3. The zero-order chi connectivity index (χ0) is 19.5. The molecular formula is C16H17F3N2O5. The number of amides is 2. The molecular weight excluding hydrogens is 357 g/mol. The third kappa shape index (κ3) is 4.44. The number of rotatable bonds is 4. The van der Waals surface area contributed by atoms with E-state index < -0.39 is 49.1 Å².